The summed E-state index contributed by atoms with van der Waals surface area (Å²) in [5.74, 6) is -0.335. The van der Waals surface area contributed by atoms with Crippen molar-refractivity contribution >= 4 is 11.9 Å². The SMILES string of the molecule is NC(=O)[C@@H](c1ccccc1)N1CCC[C@@H](N2CCNC2=O)C1. The summed E-state index contributed by atoms with van der Waals surface area (Å²) < 4.78 is 0. The first-order valence-electron chi connectivity index (χ1n) is 7.79. The lowest BCUT2D eigenvalue weighted by atomic mass is 9.98. The Kier molecular flexibility index (Phi) is 4.29. The molecular weight excluding hydrogens is 280 g/mol. The number of carbonyl (C=O) groups is 2. The van der Waals surface area contributed by atoms with Crippen molar-refractivity contribution in [3.63, 3.8) is 0 Å². The van der Waals surface area contributed by atoms with E-state index >= 15 is 0 Å². The van der Waals surface area contributed by atoms with Gasteiger partial charge in [-0.2, -0.15) is 0 Å². The van der Waals surface area contributed by atoms with Crippen LogP contribution >= 0.6 is 0 Å². The smallest absolute Gasteiger partial charge is 0.317 e. The van der Waals surface area contributed by atoms with Crippen LogP contribution in [0.5, 0.6) is 0 Å². The van der Waals surface area contributed by atoms with Crippen LogP contribution in [0.4, 0.5) is 4.79 Å². The molecule has 0 unspecified atom stereocenters. The molecule has 1 aromatic carbocycles. The van der Waals surface area contributed by atoms with Gasteiger partial charge in [0, 0.05) is 25.7 Å². The molecule has 0 spiro atoms. The quantitative estimate of drug-likeness (QED) is 0.859. The number of rotatable bonds is 4. The zero-order chi connectivity index (χ0) is 15.5. The standard InChI is InChI=1S/C16H22N4O2/c17-15(21)14(12-5-2-1-3-6-12)19-9-4-7-13(11-19)20-10-8-18-16(20)22/h1-3,5-6,13-14H,4,7-11H2,(H2,17,21)(H,18,22)/t13-,14-/m1/s1. The van der Waals surface area contributed by atoms with Gasteiger partial charge in [-0.05, 0) is 24.9 Å². The topological polar surface area (TPSA) is 78.7 Å². The van der Waals surface area contributed by atoms with Crippen LogP contribution in [0.15, 0.2) is 30.3 Å². The van der Waals surface area contributed by atoms with Gasteiger partial charge >= 0.3 is 6.03 Å². The molecular formula is C16H22N4O2. The number of nitrogens with zero attached hydrogens (tertiary/aromatic N) is 2. The fourth-order valence-corrected chi connectivity index (χ4v) is 3.50. The lowest BCUT2D eigenvalue weighted by Crippen LogP contribution is -2.51. The molecule has 2 heterocycles. The number of piperidine rings is 1. The number of primary amides is 1. The molecule has 0 saturated carbocycles. The largest absolute Gasteiger partial charge is 0.368 e. The second-order valence-corrected chi connectivity index (χ2v) is 5.93. The lowest BCUT2D eigenvalue weighted by Gasteiger charge is -2.40. The first-order chi connectivity index (χ1) is 10.7. The van der Waals surface area contributed by atoms with Crippen LogP contribution in [0.25, 0.3) is 0 Å². The third kappa shape index (κ3) is 2.92. The first kappa shape index (κ1) is 14.8. The molecule has 1 aromatic rings. The van der Waals surface area contributed by atoms with Gasteiger partial charge in [-0.1, -0.05) is 30.3 Å². The predicted octanol–water partition coefficient (Wildman–Crippen LogP) is 0.703. The van der Waals surface area contributed by atoms with Gasteiger partial charge in [0.05, 0.1) is 0 Å². The number of hydrogen-bond acceptors (Lipinski definition) is 3. The van der Waals surface area contributed by atoms with Crippen molar-refractivity contribution in [3.05, 3.63) is 35.9 Å². The summed E-state index contributed by atoms with van der Waals surface area (Å²) in [4.78, 5) is 27.8. The Morgan fingerprint density at radius 3 is 2.68 bits per heavy atom. The van der Waals surface area contributed by atoms with E-state index in [1.807, 2.05) is 35.2 Å². The number of nitrogens with one attached hydrogen (secondary N) is 1. The fourth-order valence-electron chi connectivity index (χ4n) is 3.50. The molecule has 3 rings (SSSR count). The number of urea groups is 1. The normalized spacial score (nSPS) is 24.1. The van der Waals surface area contributed by atoms with Gasteiger partial charge in [0.15, 0.2) is 0 Å². The van der Waals surface area contributed by atoms with Crippen molar-refractivity contribution in [1.29, 1.82) is 0 Å². The summed E-state index contributed by atoms with van der Waals surface area (Å²) in [7, 11) is 0. The van der Waals surface area contributed by atoms with Crippen LogP contribution in [-0.4, -0.2) is 54.0 Å². The highest BCUT2D eigenvalue weighted by molar-refractivity contribution is 5.81. The van der Waals surface area contributed by atoms with Crippen LogP contribution in [-0.2, 0) is 4.79 Å². The van der Waals surface area contributed by atoms with Crippen LogP contribution in [0.3, 0.4) is 0 Å². The van der Waals surface area contributed by atoms with E-state index in [1.165, 1.54) is 0 Å². The monoisotopic (exact) mass is 302 g/mol. The van der Waals surface area contributed by atoms with Crippen molar-refractivity contribution < 1.29 is 9.59 Å². The highest BCUT2D eigenvalue weighted by Crippen LogP contribution is 2.26. The summed E-state index contributed by atoms with van der Waals surface area (Å²) in [6.07, 6.45) is 1.94. The van der Waals surface area contributed by atoms with Crippen molar-refractivity contribution in [2.24, 2.45) is 5.73 Å². The van der Waals surface area contributed by atoms with E-state index in [9.17, 15) is 9.59 Å². The molecule has 0 radical (unpaired) electrons. The molecule has 0 aromatic heterocycles. The van der Waals surface area contributed by atoms with Crippen LogP contribution in [0.1, 0.15) is 24.4 Å². The molecule has 2 fully saturated rings. The zero-order valence-corrected chi connectivity index (χ0v) is 12.6. The number of benzene rings is 1. The molecule has 118 valence electrons. The lowest BCUT2D eigenvalue weighted by molar-refractivity contribution is -0.124. The maximum absolute atomic E-state index is 12.0. The summed E-state index contributed by atoms with van der Waals surface area (Å²) in [6.45, 7) is 2.96. The third-order valence-electron chi connectivity index (χ3n) is 4.51. The third-order valence-corrected chi connectivity index (χ3v) is 4.51. The zero-order valence-electron chi connectivity index (χ0n) is 12.6. The van der Waals surface area contributed by atoms with Crippen molar-refractivity contribution in [3.8, 4) is 0 Å². The Bertz CT molecular complexity index is 548. The average molecular weight is 302 g/mol. The van der Waals surface area contributed by atoms with E-state index in [0.29, 0.717) is 13.1 Å². The van der Waals surface area contributed by atoms with Gasteiger partial charge in [0.25, 0.3) is 0 Å². The van der Waals surface area contributed by atoms with E-state index < -0.39 is 6.04 Å². The van der Waals surface area contributed by atoms with Crippen molar-refractivity contribution in [2.75, 3.05) is 26.2 Å². The molecule has 0 aliphatic carbocycles. The molecule has 2 aliphatic rings. The molecule has 3 N–H and O–H groups in total. The van der Waals surface area contributed by atoms with E-state index in [4.69, 9.17) is 5.73 Å². The van der Waals surface area contributed by atoms with Gasteiger partial charge in [-0.15, -0.1) is 0 Å². The summed E-state index contributed by atoms with van der Waals surface area (Å²) in [5, 5.41) is 2.84. The van der Waals surface area contributed by atoms with E-state index in [1.54, 1.807) is 0 Å². The Balaban J connectivity index is 1.77. The van der Waals surface area contributed by atoms with E-state index in [-0.39, 0.29) is 18.0 Å². The average Bonchev–Trinajstić information content (AvgIpc) is 2.95. The maximum Gasteiger partial charge on any atom is 0.317 e. The number of nitrogens with two attached hydrogens (primary N) is 1. The molecule has 0 bridgehead atoms. The van der Waals surface area contributed by atoms with Gasteiger partial charge in [-0.3, -0.25) is 9.69 Å². The minimum atomic E-state index is -0.422. The molecule has 2 atom stereocenters. The second-order valence-electron chi connectivity index (χ2n) is 5.93. The Hall–Kier alpha value is -2.08. The van der Waals surface area contributed by atoms with Gasteiger partial charge in [-0.25, -0.2) is 4.79 Å². The molecule has 6 heteroatoms. The van der Waals surface area contributed by atoms with E-state index in [0.717, 1.165) is 31.5 Å². The van der Waals surface area contributed by atoms with Crippen LogP contribution in [0.2, 0.25) is 0 Å². The highest BCUT2D eigenvalue weighted by Gasteiger charge is 2.35. The Morgan fingerprint density at radius 2 is 2.05 bits per heavy atom. The Labute approximate surface area is 130 Å². The molecule has 2 aliphatic heterocycles. The van der Waals surface area contributed by atoms with Gasteiger partial charge < -0.3 is 16.0 Å². The molecule has 3 amide bonds. The number of carbonyl (C=O) groups excluding carboxylic acids is 2. The number of amides is 3. The number of likely N-dealkylation sites (tertiary alicyclic amines) is 1. The molecule has 6 nitrogen and oxygen atoms in total. The number of hydrogen-bond donors (Lipinski definition) is 2. The van der Waals surface area contributed by atoms with Crippen molar-refractivity contribution in [2.45, 2.75) is 24.9 Å². The van der Waals surface area contributed by atoms with Crippen LogP contribution in [0, 0.1) is 0 Å². The highest BCUT2D eigenvalue weighted by atomic mass is 16.2. The Morgan fingerprint density at radius 1 is 1.27 bits per heavy atom. The maximum atomic E-state index is 12.0. The van der Waals surface area contributed by atoms with Crippen LogP contribution < -0.4 is 11.1 Å². The van der Waals surface area contributed by atoms with E-state index in [2.05, 4.69) is 10.2 Å². The minimum Gasteiger partial charge on any atom is -0.368 e. The van der Waals surface area contributed by atoms with Gasteiger partial charge in [0.1, 0.15) is 6.04 Å². The molecule has 22 heavy (non-hydrogen) atoms. The first-order valence-corrected chi connectivity index (χ1v) is 7.79. The second kappa shape index (κ2) is 6.36. The predicted molar refractivity (Wildman–Crippen MR) is 83.1 cm³/mol. The fraction of sp³-hybridized carbons (Fsp3) is 0.500. The minimum absolute atomic E-state index is 0.00202. The summed E-state index contributed by atoms with van der Waals surface area (Å²) >= 11 is 0. The summed E-state index contributed by atoms with van der Waals surface area (Å²) in [6, 6.07) is 9.36. The molecule has 2 saturated heterocycles. The van der Waals surface area contributed by atoms with Gasteiger partial charge in [0.2, 0.25) is 5.91 Å². The summed E-state index contributed by atoms with van der Waals surface area (Å²) in [5.41, 5.74) is 6.57. The van der Waals surface area contributed by atoms with Crippen molar-refractivity contribution in [1.82, 2.24) is 15.1 Å².